The maximum absolute atomic E-state index is 13.1. The molecule has 8 N–H and O–H groups in total. The van der Waals surface area contributed by atoms with Crippen LogP contribution in [-0.2, 0) is 14.3 Å². The summed E-state index contributed by atoms with van der Waals surface area (Å²) in [6.07, 6.45) is 43.1. The van der Waals surface area contributed by atoms with Gasteiger partial charge < -0.3 is 50.5 Å². The predicted molar refractivity (Wildman–Crippen MR) is 270 cm³/mol. The largest absolute Gasteiger partial charge is 0.394 e. The van der Waals surface area contributed by atoms with E-state index in [0.717, 1.165) is 51.4 Å². The smallest absolute Gasteiger partial charge is 0.249 e. The van der Waals surface area contributed by atoms with Crippen molar-refractivity contribution in [2.45, 2.75) is 281 Å². The first kappa shape index (κ1) is 62.1. The molecule has 1 aliphatic heterocycles. The van der Waals surface area contributed by atoms with Gasteiger partial charge in [-0.3, -0.25) is 4.79 Å². The quantitative estimate of drug-likeness (QED) is 0.0216. The van der Waals surface area contributed by atoms with E-state index >= 15 is 0 Å². The Morgan fingerprint density at radius 1 is 0.515 bits per heavy atom. The summed E-state index contributed by atoms with van der Waals surface area (Å²) in [5, 5.41) is 75.8. The van der Waals surface area contributed by atoms with Crippen molar-refractivity contribution in [3.05, 3.63) is 48.6 Å². The molecule has 11 heteroatoms. The van der Waals surface area contributed by atoms with Crippen LogP contribution < -0.4 is 5.32 Å². The molecule has 1 rings (SSSR count). The number of aliphatic hydroxyl groups is 7. The van der Waals surface area contributed by atoms with Gasteiger partial charge in [-0.1, -0.05) is 191 Å². The molecule has 1 heterocycles. The van der Waals surface area contributed by atoms with Gasteiger partial charge in [0.1, 0.15) is 36.6 Å². The second-order valence-electron chi connectivity index (χ2n) is 18.9. The van der Waals surface area contributed by atoms with Crippen LogP contribution in [-0.4, -0.2) is 110 Å². The molecule has 0 radical (unpaired) electrons. The molecule has 1 saturated heterocycles. The average Bonchev–Trinajstić information content (AvgIpc) is 3.32. The molecule has 1 fully saturated rings. The highest BCUT2D eigenvalue weighted by Crippen LogP contribution is 2.23. The van der Waals surface area contributed by atoms with Gasteiger partial charge in [0.15, 0.2) is 6.29 Å². The molecule has 11 nitrogen and oxygen atoms in total. The van der Waals surface area contributed by atoms with Crippen LogP contribution in [0.15, 0.2) is 48.6 Å². The molecular weight excluding hydrogens is 835 g/mol. The van der Waals surface area contributed by atoms with Crippen molar-refractivity contribution in [2.75, 3.05) is 13.2 Å². The van der Waals surface area contributed by atoms with Crippen LogP contribution in [0.1, 0.15) is 226 Å². The maximum atomic E-state index is 13.1. The van der Waals surface area contributed by atoms with E-state index in [1.165, 1.54) is 128 Å². The Hall–Kier alpha value is -1.93. The third-order valence-corrected chi connectivity index (χ3v) is 12.8. The summed E-state index contributed by atoms with van der Waals surface area (Å²) in [7, 11) is 0. The standard InChI is InChI=1S/C55H101NO10/c1-3-5-7-9-11-13-15-17-19-20-21-22-23-24-25-26-27-28-29-31-33-35-37-39-41-43-48(59)54(64)56-46(45-65-55-53(63)52(62)51(61)49(44-57)66-55)50(60)47(58)42-40-38-36-34-32-30-18-16-14-12-10-8-6-4-2/h8,10,16,18,24-25,34,36,46-53,55,57-63H,3-7,9,11-15,17,19-23,26-33,35,37-45H2,1-2H3,(H,56,64)/b10-8+,18-16+,25-24-,36-34+. The van der Waals surface area contributed by atoms with Gasteiger partial charge in [0.2, 0.25) is 5.91 Å². The Balaban J connectivity index is 2.33. The van der Waals surface area contributed by atoms with E-state index in [0.29, 0.717) is 19.3 Å². The molecule has 0 aromatic rings. The number of carbonyl (C=O) groups excluding carboxylic acids is 1. The molecule has 9 unspecified atom stereocenters. The number of carbonyl (C=O) groups is 1. The lowest BCUT2D eigenvalue weighted by Gasteiger charge is -2.40. The maximum Gasteiger partial charge on any atom is 0.249 e. The fourth-order valence-electron chi connectivity index (χ4n) is 8.36. The van der Waals surface area contributed by atoms with Crippen molar-refractivity contribution in [1.82, 2.24) is 5.32 Å². The van der Waals surface area contributed by atoms with Crippen molar-refractivity contribution < 1.29 is 50.0 Å². The van der Waals surface area contributed by atoms with Crippen LogP contribution in [0.5, 0.6) is 0 Å². The lowest BCUT2D eigenvalue weighted by molar-refractivity contribution is -0.303. The van der Waals surface area contributed by atoms with Crippen LogP contribution >= 0.6 is 0 Å². The topological polar surface area (TPSA) is 189 Å². The van der Waals surface area contributed by atoms with Gasteiger partial charge in [0.25, 0.3) is 0 Å². The normalized spacial score (nSPS) is 21.1. The van der Waals surface area contributed by atoms with Gasteiger partial charge in [0, 0.05) is 0 Å². The Bertz CT molecular complexity index is 1210. The molecule has 0 spiro atoms. The Labute approximate surface area is 402 Å². The monoisotopic (exact) mass is 936 g/mol. The molecule has 0 bridgehead atoms. The minimum atomic E-state index is -1.67. The Morgan fingerprint density at radius 3 is 1.41 bits per heavy atom. The molecule has 0 aromatic heterocycles. The number of amides is 1. The summed E-state index contributed by atoms with van der Waals surface area (Å²) in [4.78, 5) is 13.1. The van der Waals surface area contributed by atoms with E-state index in [-0.39, 0.29) is 12.8 Å². The number of unbranched alkanes of at least 4 members (excludes halogenated alkanes) is 25. The first-order valence-electron chi connectivity index (χ1n) is 27.0. The molecule has 386 valence electrons. The number of allylic oxidation sites excluding steroid dienone is 8. The van der Waals surface area contributed by atoms with Crippen LogP contribution in [0.3, 0.4) is 0 Å². The van der Waals surface area contributed by atoms with Gasteiger partial charge in [-0.15, -0.1) is 0 Å². The van der Waals surface area contributed by atoms with Crippen molar-refractivity contribution >= 4 is 5.91 Å². The van der Waals surface area contributed by atoms with E-state index < -0.39 is 74.2 Å². The number of rotatable bonds is 45. The van der Waals surface area contributed by atoms with Gasteiger partial charge in [-0.05, 0) is 83.5 Å². The fourth-order valence-corrected chi connectivity index (χ4v) is 8.36. The Kier molecular flexibility index (Phi) is 41.7. The number of nitrogens with one attached hydrogen (secondary N) is 1. The van der Waals surface area contributed by atoms with Crippen LogP contribution in [0.4, 0.5) is 0 Å². The highest BCUT2D eigenvalue weighted by Gasteiger charge is 2.44. The second-order valence-corrected chi connectivity index (χ2v) is 18.9. The molecule has 0 aliphatic carbocycles. The van der Waals surface area contributed by atoms with Crippen LogP contribution in [0.25, 0.3) is 0 Å². The summed E-state index contributed by atoms with van der Waals surface area (Å²) in [6, 6.07) is -1.20. The molecule has 0 aromatic carbocycles. The zero-order chi connectivity index (χ0) is 48.3. The summed E-state index contributed by atoms with van der Waals surface area (Å²) in [5.41, 5.74) is 0. The molecule has 9 atom stereocenters. The van der Waals surface area contributed by atoms with Gasteiger partial charge in [-0.2, -0.15) is 0 Å². The molecule has 1 amide bonds. The summed E-state index contributed by atoms with van der Waals surface area (Å²) in [5.74, 6) is -0.715. The lowest BCUT2D eigenvalue weighted by atomic mass is 9.98. The first-order valence-corrected chi connectivity index (χ1v) is 27.0. The molecule has 1 aliphatic rings. The van der Waals surface area contributed by atoms with E-state index in [9.17, 15) is 40.5 Å². The van der Waals surface area contributed by atoms with E-state index in [1.54, 1.807) is 0 Å². The minimum absolute atomic E-state index is 0.239. The third kappa shape index (κ3) is 32.8. The zero-order valence-corrected chi connectivity index (χ0v) is 41.9. The molecule has 0 saturated carbocycles. The van der Waals surface area contributed by atoms with Gasteiger partial charge >= 0.3 is 0 Å². The van der Waals surface area contributed by atoms with Crippen LogP contribution in [0, 0.1) is 0 Å². The van der Waals surface area contributed by atoms with Crippen molar-refractivity contribution in [3.63, 3.8) is 0 Å². The average molecular weight is 936 g/mol. The van der Waals surface area contributed by atoms with Gasteiger partial charge in [0.05, 0.1) is 25.4 Å². The lowest BCUT2D eigenvalue weighted by Crippen LogP contribution is -2.60. The number of aliphatic hydroxyl groups excluding tert-OH is 7. The number of hydrogen-bond acceptors (Lipinski definition) is 10. The second kappa shape index (κ2) is 44.3. The van der Waals surface area contributed by atoms with Crippen molar-refractivity contribution in [2.24, 2.45) is 0 Å². The van der Waals surface area contributed by atoms with Crippen molar-refractivity contribution in [1.29, 1.82) is 0 Å². The summed E-state index contributed by atoms with van der Waals surface area (Å²) >= 11 is 0. The fraction of sp³-hybridized carbons (Fsp3) is 0.836. The van der Waals surface area contributed by atoms with Gasteiger partial charge in [-0.25, -0.2) is 0 Å². The number of ether oxygens (including phenoxy) is 2. The highest BCUT2D eigenvalue weighted by molar-refractivity contribution is 5.80. The van der Waals surface area contributed by atoms with E-state index in [4.69, 9.17) is 9.47 Å². The van der Waals surface area contributed by atoms with Crippen LogP contribution in [0.2, 0.25) is 0 Å². The minimum Gasteiger partial charge on any atom is -0.394 e. The first-order chi connectivity index (χ1) is 32.2. The molecule has 66 heavy (non-hydrogen) atoms. The summed E-state index contributed by atoms with van der Waals surface area (Å²) in [6.45, 7) is 3.36. The third-order valence-electron chi connectivity index (χ3n) is 12.8. The van der Waals surface area contributed by atoms with E-state index in [1.807, 2.05) is 0 Å². The number of hydrogen-bond donors (Lipinski definition) is 8. The van der Waals surface area contributed by atoms with Crippen molar-refractivity contribution in [3.8, 4) is 0 Å². The zero-order valence-electron chi connectivity index (χ0n) is 41.9. The summed E-state index contributed by atoms with van der Waals surface area (Å²) < 4.78 is 11.1. The SMILES string of the molecule is CCC/C=C/CC/C=C/CC/C=C/CCCC(O)C(O)C(COC1OC(CO)C(O)C(O)C1O)NC(=O)C(O)CCCCCCCCCCC/C=C\CCCCCCCCCCCCCC. The molecular formula is C55H101NO10. The highest BCUT2D eigenvalue weighted by atomic mass is 16.7. The Morgan fingerprint density at radius 2 is 0.939 bits per heavy atom. The van der Waals surface area contributed by atoms with E-state index in [2.05, 4.69) is 67.8 Å². The predicted octanol–water partition coefficient (Wildman–Crippen LogP) is 10.5.